The summed E-state index contributed by atoms with van der Waals surface area (Å²) >= 11 is 0. The SMILES string of the molecule is CCc1onc(C)c1NC(=O)N1CCO[C@@H](CCc2ccccc2)C1. The third-order valence-electron chi connectivity index (χ3n) is 4.51. The molecule has 0 radical (unpaired) electrons. The molecule has 1 aliphatic heterocycles. The Morgan fingerprint density at radius 2 is 2.16 bits per heavy atom. The van der Waals surface area contributed by atoms with Crippen molar-refractivity contribution in [3.8, 4) is 0 Å². The third-order valence-corrected chi connectivity index (χ3v) is 4.51. The zero-order valence-electron chi connectivity index (χ0n) is 14.8. The molecule has 0 saturated carbocycles. The first-order valence-electron chi connectivity index (χ1n) is 8.84. The van der Waals surface area contributed by atoms with Crippen LogP contribution in [0.1, 0.15) is 30.4 Å². The molecule has 6 heteroatoms. The Morgan fingerprint density at radius 3 is 2.92 bits per heavy atom. The predicted octanol–water partition coefficient (Wildman–Crippen LogP) is 3.41. The zero-order chi connectivity index (χ0) is 17.6. The Kier molecular flexibility index (Phi) is 5.71. The van der Waals surface area contributed by atoms with Crippen molar-refractivity contribution in [1.82, 2.24) is 10.1 Å². The van der Waals surface area contributed by atoms with Crippen LogP contribution < -0.4 is 5.32 Å². The van der Waals surface area contributed by atoms with Crippen molar-refractivity contribution in [1.29, 1.82) is 0 Å². The summed E-state index contributed by atoms with van der Waals surface area (Å²) in [6.45, 7) is 5.57. The molecule has 6 nitrogen and oxygen atoms in total. The van der Waals surface area contributed by atoms with E-state index >= 15 is 0 Å². The third kappa shape index (κ3) is 4.39. The van der Waals surface area contributed by atoms with Crippen molar-refractivity contribution in [3.63, 3.8) is 0 Å². The summed E-state index contributed by atoms with van der Waals surface area (Å²) in [5.74, 6) is 0.708. The maximum atomic E-state index is 12.6. The monoisotopic (exact) mass is 343 g/mol. The molecule has 0 unspecified atom stereocenters. The molecule has 0 aliphatic carbocycles. The second kappa shape index (κ2) is 8.16. The summed E-state index contributed by atoms with van der Waals surface area (Å²) in [6.07, 6.45) is 2.61. The van der Waals surface area contributed by atoms with Crippen LogP contribution in [0.5, 0.6) is 0 Å². The van der Waals surface area contributed by atoms with Crippen LogP contribution in [0.4, 0.5) is 10.5 Å². The molecule has 0 bridgehead atoms. The minimum atomic E-state index is -0.117. The number of carbonyl (C=O) groups is 1. The number of carbonyl (C=O) groups excluding carboxylic acids is 1. The van der Waals surface area contributed by atoms with Crippen LogP contribution in [-0.4, -0.2) is 41.9 Å². The van der Waals surface area contributed by atoms with E-state index in [-0.39, 0.29) is 12.1 Å². The van der Waals surface area contributed by atoms with E-state index in [1.807, 2.05) is 36.9 Å². The van der Waals surface area contributed by atoms with Gasteiger partial charge in [-0.25, -0.2) is 4.79 Å². The van der Waals surface area contributed by atoms with Crippen LogP contribution >= 0.6 is 0 Å². The summed E-state index contributed by atoms with van der Waals surface area (Å²) in [5, 5.41) is 6.88. The van der Waals surface area contributed by atoms with Gasteiger partial charge in [0.05, 0.1) is 12.7 Å². The van der Waals surface area contributed by atoms with Crippen molar-refractivity contribution < 1.29 is 14.1 Å². The van der Waals surface area contributed by atoms with Gasteiger partial charge < -0.3 is 19.5 Å². The first-order valence-corrected chi connectivity index (χ1v) is 8.84. The molecule has 1 saturated heterocycles. The molecule has 1 atom stereocenters. The van der Waals surface area contributed by atoms with E-state index < -0.39 is 0 Å². The minimum Gasteiger partial charge on any atom is -0.375 e. The molecule has 2 amide bonds. The first kappa shape index (κ1) is 17.5. The highest BCUT2D eigenvalue weighted by Gasteiger charge is 2.25. The van der Waals surface area contributed by atoms with Gasteiger partial charge in [-0.05, 0) is 25.3 Å². The largest absolute Gasteiger partial charge is 0.375 e. The van der Waals surface area contributed by atoms with Crippen LogP contribution in [0.25, 0.3) is 0 Å². The minimum absolute atomic E-state index is 0.0638. The zero-order valence-corrected chi connectivity index (χ0v) is 14.8. The summed E-state index contributed by atoms with van der Waals surface area (Å²) in [6, 6.07) is 10.2. The van der Waals surface area contributed by atoms with E-state index in [1.165, 1.54) is 5.56 Å². The Balaban J connectivity index is 1.55. The average molecular weight is 343 g/mol. The molecule has 2 aromatic rings. The number of amides is 2. The van der Waals surface area contributed by atoms with Crippen LogP contribution in [-0.2, 0) is 17.6 Å². The molecule has 3 rings (SSSR count). The summed E-state index contributed by atoms with van der Waals surface area (Å²) in [5.41, 5.74) is 2.69. The highest BCUT2D eigenvalue weighted by Crippen LogP contribution is 2.21. The normalized spacial score (nSPS) is 17.5. The van der Waals surface area contributed by atoms with Gasteiger partial charge in [0.15, 0.2) is 5.76 Å². The van der Waals surface area contributed by atoms with E-state index in [0.717, 1.165) is 12.8 Å². The number of nitrogens with one attached hydrogen (secondary N) is 1. The lowest BCUT2D eigenvalue weighted by Gasteiger charge is -2.33. The van der Waals surface area contributed by atoms with Gasteiger partial charge in [0, 0.05) is 19.5 Å². The van der Waals surface area contributed by atoms with Crippen LogP contribution in [0, 0.1) is 6.92 Å². The van der Waals surface area contributed by atoms with Crippen LogP contribution in [0.3, 0.4) is 0 Å². The number of aryl methyl sites for hydroxylation is 3. The number of benzene rings is 1. The number of rotatable bonds is 5. The van der Waals surface area contributed by atoms with E-state index in [2.05, 4.69) is 22.6 Å². The number of nitrogens with zero attached hydrogens (tertiary/aromatic N) is 2. The number of anilines is 1. The van der Waals surface area contributed by atoms with Crippen molar-refractivity contribution in [2.75, 3.05) is 25.0 Å². The molecule has 2 heterocycles. The molecule has 1 aromatic heterocycles. The number of hydrogen-bond acceptors (Lipinski definition) is 4. The van der Waals surface area contributed by atoms with E-state index in [9.17, 15) is 4.79 Å². The summed E-state index contributed by atoms with van der Waals surface area (Å²) in [7, 11) is 0. The highest BCUT2D eigenvalue weighted by atomic mass is 16.5. The van der Waals surface area contributed by atoms with Gasteiger partial charge in [-0.3, -0.25) is 0 Å². The Hall–Kier alpha value is -2.34. The lowest BCUT2D eigenvalue weighted by Crippen LogP contribution is -2.47. The number of aromatic nitrogens is 1. The molecule has 1 aliphatic rings. The quantitative estimate of drug-likeness (QED) is 0.903. The lowest BCUT2D eigenvalue weighted by atomic mass is 10.1. The number of urea groups is 1. The van der Waals surface area contributed by atoms with Gasteiger partial charge in [0.2, 0.25) is 0 Å². The second-order valence-electron chi connectivity index (χ2n) is 6.31. The van der Waals surface area contributed by atoms with Crippen molar-refractivity contribution >= 4 is 11.7 Å². The molecular weight excluding hydrogens is 318 g/mol. The van der Waals surface area contributed by atoms with Crippen LogP contribution in [0.15, 0.2) is 34.9 Å². The fourth-order valence-electron chi connectivity index (χ4n) is 3.05. The van der Waals surface area contributed by atoms with Gasteiger partial charge in [-0.2, -0.15) is 0 Å². The van der Waals surface area contributed by atoms with E-state index in [0.29, 0.717) is 43.3 Å². The first-order chi connectivity index (χ1) is 12.2. The fraction of sp³-hybridized carbons (Fsp3) is 0.474. The Labute approximate surface area is 148 Å². The molecule has 134 valence electrons. The molecule has 1 fully saturated rings. The van der Waals surface area contributed by atoms with Gasteiger partial charge in [0.1, 0.15) is 11.4 Å². The highest BCUT2D eigenvalue weighted by molar-refractivity contribution is 5.90. The van der Waals surface area contributed by atoms with E-state index in [4.69, 9.17) is 9.26 Å². The summed E-state index contributed by atoms with van der Waals surface area (Å²) < 4.78 is 11.1. The van der Waals surface area contributed by atoms with Crippen molar-refractivity contribution in [2.24, 2.45) is 0 Å². The van der Waals surface area contributed by atoms with Crippen molar-refractivity contribution in [2.45, 2.75) is 39.2 Å². The molecule has 25 heavy (non-hydrogen) atoms. The molecular formula is C19H25N3O3. The number of hydrogen-bond donors (Lipinski definition) is 1. The summed E-state index contributed by atoms with van der Waals surface area (Å²) in [4.78, 5) is 14.4. The van der Waals surface area contributed by atoms with Gasteiger partial charge in [-0.1, -0.05) is 42.4 Å². The second-order valence-corrected chi connectivity index (χ2v) is 6.31. The average Bonchev–Trinajstić information content (AvgIpc) is 3.01. The van der Waals surface area contributed by atoms with Gasteiger partial charge in [0.25, 0.3) is 0 Å². The fourth-order valence-corrected chi connectivity index (χ4v) is 3.05. The molecule has 1 aromatic carbocycles. The van der Waals surface area contributed by atoms with Gasteiger partial charge >= 0.3 is 6.03 Å². The molecule has 0 spiro atoms. The smallest absolute Gasteiger partial charge is 0.322 e. The van der Waals surface area contributed by atoms with Crippen molar-refractivity contribution in [3.05, 3.63) is 47.3 Å². The number of ether oxygens (including phenoxy) is 1. The Morgan fingerprint density at radius 1 is 1.36 bits per heavy atom. The molecule has 1 N–H and O–H groups in total. The van der Waals surface area contributed by atoms with Crippen LogP contribution in [0.2, 0.25) is 0 Å². The standard InChI is InChI=1S/C19H25N3O3/c1-3-17-18(14(2)21-25-17)20-19(23)22-11-12-24-16(13-22)10-9-15-7-5-4-6-8-15/h4-8,16H,3,9-13H2,1-2H3,(H,20,23)/t16-/m0/s1. The Bertz CT molecular complexity index is 699. The van der Waals surface area contributed by atoms with E-state index in [1.54, 1.807) is 0 Å². The maximum Gasteiger partial charge on any atom is 0.322 e. The number of morpholine rings is 1. The lowest BCUT2D eigenvalue weighted by molar-refractivity contribution is -0.0157. The van der Waals surface area contributed by atoms with Gasteiger partial charge in [-0.15, -0.1) is 0 Å². The maximum absolute atomic E-state index is 12.6. The predicted molar refractivity (Wildman–Crippen MR) is 95.7 cm³/mol. The topological polar surface area (TPSA) is 67.6 Å².